The number of anilines is 1. The van der Waals surface area contributed by atoms with Crippen molar-refractivity contribution >= 4 is 27.5 Å². The van der Waals surface area contributed by atoms with Crippen LogP contribution in [-0.2, 0) is 14.6 Å². The zero-order chi connectivity index (χ0) is 23.1. The SMILES string of the molecule is CCOc1cc(/C=C/C(=O)Nc2cccc(S(=O)(=O)C3CCCC3)c2)ccc1OC(F)F. The van der Waals surface area contributed by atoms with Gasteiger partial charge in [0.2, 0.25) is 5.91 Å². The van der Waals surface area contributed by atoms with E-state index < -0.39 is 22.4 Å². The number of carbonyl (C=O) groups excluding carboxylic acids is 1. The van der Waals surface area contributed by atoms with E-state index >= 15 is 0 Å². The van der Waals surface area contributed by atoms with Crippen LogP contribution in [0.25, 0.3) is 6.08 Å². The summed E-state index contributed by atoms with van der Waals surface area (Å²) in [5, 5.41) is 2.28. The van der Waals surface area contributed by atoms with Gasteiger partial charge in [0.25, 0.3) is 0 Å². The maximum absolute atomic E-state index is 12.8. The quantitative estimate of drug-likeness (QED) is 0.524. The summed E-state index contributed by atoms with van der Waals surface area (Å²) in [6, 6.07) is 10.5. The van der Waals surface area contributed by atoms with E-state index in [4.69, 9.17) is 4.74 Å². The molecular weight excluding hydrogens is 440 g/mol. The summed E-state index contributed by atoms with van der Waals surface area (Å²) in [5.41, 5.74) is 0.914. The molecule has 0 saturated heterocycles. The van der Waals surface area contributed by atoms with Gasteiger partial charge < -0.3 is 14.8 Å². The molecule has 1 amide bonds. The molecule has 0 atom stereocenters. The lowest BCUT2D eigenvalue weighted by atomic mass is 10.2. The van der Waals surface area contributed by atoms with E-state index in [1.807, 2.05) is 0 Å². The van der Waals surface area contributed by atoms with Crippen LogP contribution in [0, 0.1) is 0 Å². The minimum atomic E-state index is -3.42. The fraction of sp³-hybridized carbons (Fsp3) is 0.348. The molecule has 1 N–H and O–H groups in total. The predicted molar refractivity (Wildman–Crippen MR) is 118 cm³/mol. The van der Waals surface area contributed by atoms with Gasteiger partial charge in [-0.1, -0.05) is 25.0 Å². The van der Waals surface area contributed by atoms with E-state index in [9.17, 15) is 22.0 Å². The summed E-state index contributed by atoms with van der Waals surface area (Å²) in [6.07, 6.45) is 5.88. The average molecular weight is 466 g/mol. The van der Waals surface area contributed by atoms with Crippen LogP contribution in [-0.4, -0.2) is 32.8 Å². The highest BCUT2D eigenvalue weighted by Gasteiger charge is 2.30. The number of amides is 1. The number of sulfone groups is 1. The highest BCUT2D eigenvalue weighted by Crippen LogP contribution is 2.31. The van der Waals surface area contributed by atoms with Crippen molar-refractivity contribution in [2.45, 2.75) is 49.4 Å². The van der Waals surface area contributed by atoms with Crippen molar-refractivity contribution in [1.29, 1.82) is 0 Å². The molecular formula is C23H25F2NO5S. The molecule has 32 heavy (non-hydrogen) atoms. The second-order valence-electron chi connectivity index (χ2n) is 7.32. The first kappa shape index (κ1) is 23.7. The molecule has 172 valence electrons. The molecule has 6 nitrogen and oxygen atoms in total. The number of rotatable bonds is 9. The van der Waals surface area contributed by atoms with Gasteiger partial charge in [0.1, 0.15) is 0 Å². The largest absolute Gasteiger partial charge is 0.490 e. The smallest absolute Gasteiger partial charge is 0.387 e. The average Bonchev–Trinajstić information content (AvgIpc) is 3.30. The summed E-state index contributed by atoms with van der Waals surface area (Å²) in [6.45, 7) is -1.01. The summed E-state index contributed by atoms with van der Waals surface area (Å²) >= 11 is 0. The Morgan fingerprint density at radius 3 is 2.59 bits per heavy atom. The minimum absolute atomic E-state index is 0.0938. The highest BCUT2D eigenvalue weighted by atomic mass is 32.2. The van der Waals surface area contributed by atoms with Crippen molar-refractivity contribution in [3.8, 4) is 11.5 Å². The van der Waals surface area contributed by atoms with E-state index in [0.29, 0.717) is 24.1 Å². The first-order chi connectivity index (χ1) is 15.3. The second-order valence-corrected chi connectivity index (χ2v) is 9.55. The van der Waals surface area contributed by atoms with Crippen molar-refractivity contribution in [3.05, 3.63) is 54.1 Å². The van der Waals surface area contributed by atoms with Crippen LogP contribution in [0.3, 0.4) is 0 Å². The van der Waals surface area contributed by atoms with Crippen LogP contribution >= 0.6 is 0 Å². The van der Waals surface area contributed by atoms with Gasteiger partial charge in [0, 0.05) is 11.8 Å². The van der Waals surface area contributed by atoms with Gasteiger partial charge in [-0.2, -0.15) is 8.78 Å². The molecule has 0 aromatic heterocycles. The maximum Gasteiger partial charge on any atom is 0.387 e. The van der Waals surface area contributed by atoms with E-state index in [-0.39, 0.29) is 28.3 Å². The fourth-order valence-electron chi connectivity index (χ4n) is 3.59. The predicted octanol–water partition coefficient (Wildman–Crippen LogP) is 5.05. The third-order valence-corrected chi connectivity index (χ3v) is 7.34. The zero-order valence-corrected chi connectivity index (χ0v) is 18.4. The Morgan fingerprint density at radius 1 is 1.16 bits per heavy atom. The first-order valence-corrected chi connectivity index (χ1v) is 11.9. The Kier molecular flexibility index (Phi) is 7.84. The molecule has 0 spiro atoms. The van der Waals surface area contributed by atoms with Crippen LogP contribution in [0.2, 0.25) is 0 Å². The Hall–Kier alpha value is -2.94. The minimum Gasteiger partial charge on any atom is -0.490 e. The van der Waals surface area contributed by atoms with Gasteiger partial charge in [-0.3, -0.25) is 4.79 Å². The molecule has 2 aromatic carbocycles. The molecule has 0 radical (unpaired) electrons. The Morgan fingerprint density at radius 2 is 1.91 bits per heavy atom. The van der Waals surface area contributed by atoms with E-state index in [1.165, 1.54) is 42.5 Å². The number of ether oxygens (including phenoxy) is 2. The number of hydrogen-bond acceptors (Lipinski definition) is 5. The van der Waals surface area contributed by atoms with Gasteiger partial charge in [0.15, 0.2) is 21.3 Å². The van der Waals surface area contributed by atoms with Crippen molar-refractivity contribution in [1.82, 2.24) is 0 Å². The molecule has 1 saturated carbocycles. The normalized spacial score (nSPS) is 14.8. The molecule has 2 aromatic rings. The molecule has 0 heterocycles. The molecule has 1 aliphatic carbocycles. The summed E-state index contributed by atoms with van der Waals surface area (Å²) in [7, 11) is -3.42. The van der Waals surface area contributed by atoms with Crippen LogP contribution < -0.4 is 14.8 Å². The molecule has 1 fully saturated rings. The third kappa shape index (κ3) is 6.06. The van der Waals surface area contributed by atoms with Crippen molar-refractivity contribution in [3.63, 3.8) is 0 Å². The molecule has 9 heteroatoms. The lowest BCUT2D eigenvalue weighted by Crippen LogP contribution is -2.18. The van der Waals surface area contributed by atoms with Crippen molar-refractivity contribution in [2.75, 3.05) is 11.9 Å². The second kappa shape index (κ2) is 10.6. The van der Waals surface area contributed by atoms with Crippen LogP contribution in [0.1, 0.15) is 38.2 Å². The third-order valence-electron chi connectivity index (χ3n) is 5.08. The topological polar surface area (TPSA) is 81.7 Å². The summed E-state index contributed by atoms with van der Waals surface area (Å²) < 4.78 is 60.3. The lowest BCUT2D eigenvalue weighted by Gasteiger charge is -2.12. The Labute approximate surface area is 186 Å². The zero-order valence-electron chi connectivity index (χ0n) is 17.6. The van der Waals surface area contributed by atoms with Crippen LogP contribution in [0.4, 0.5) is 14.5 Å². The molecule has 0 aliphatic heterocycles. The van der Waals surface area contributed by atoms with Crippen LogP contribution in [0.5, 0.6) is 11.5 Å². The number of halogens is 2. The summed E-state index contributed by atoms with van der Waals surface area (Å²) in [5.74, 6) is -0.421. The Balaban J connectivity index is 1.70. The van der Waals surface area contributed by atoms with E-state index in [1.54, 1.807) is 19.1 Å². The van der Waals surface area contributed by atoms with Crippen LogP contribution in [0.15, 0.2) is 53.4 Å². The molecule has 0 bridgehead atoms. The monoisotopic (exact) mass is 465 g/mol. The molecule has 3 rings (SSSR count). The number of benzene rings is 2. The number of hydrogen-bond donors (Lipinski definition) is 1. The van der Waals surface area contributed by atoms with Gasteiger partial charge >= 0.3 is 6.61 Å². The van der Waals surface area contributed by atoms with Gasteiger partial charge in [-0.05, 0) is 61.7 Å². The number of nitrogens with one attached hydrogen (secondary N) is 1. The van der Waals surface area contributed by atoms with E-state index in [0.717, 1.165) is 12.8 Å². The molecule has 0 unspecified atom stereocenters. The van der Waals surface area contributed by atoms with Gasteiger partial charge in [0.05, 0.1) is 16.8 Å². The summed E-state index contributed by atoms with van der Waals surface area (Å²) in [4.78, 5) is 12.5. The van der Waals surface area contributed by atoms with Crippen molar-refractivity contribution in [2.24, 2.45) is 0 Å². The fourth-order valence-corrected chi connectivity index (χ4v) is 5.49. The maximum atomic E-state index is 12.8. The van der Waals surface area contributed by atoms with E-state index in [2.05, 4.69) is 10.1 Å². The molecule has 1 aliphatic rings. The Bertz CT molecular complexity index is 1080. The van der Waals surface area contributed by atoms with Gasteiger partial charge in [-0.25, -0.2) is 8.42 Å². The van der Waals surface area contributed by atoms with Gasteiger partial charge in [-0.15, -0.1) is 0 Å². The highest BCUT2D eigenvalue weighted by molar-refractivity contribution is 7.92. The number of alkyl halides is 2. The number of carbonyl (C=O) groups is 1. The van der Waals surface area contributed by atoms with Crippen molar-refractivity contribution < 1.29 is 31.5 Å². The first-order valence-electron chi connectivity index (χ1n) is 10.3. The standard InChI is InChI=1S/C23H25F2NO5S/c1-2-30-21-14-16(10-12-20(21)31-23(24)25)11-13-22(27)26-17-6-5-9-19(15-17)32(28,29)18-7-3-4-8-18/h5-6,9-15,18,23H,2-4,7-8H2,1H3,(H,26,27)/b13-11+. The lowest BCUT2D eigenvalue weighted by molar-refractivity contribution is -0.111.